The molecule has 8 nitrogen and oxygen atoms in total. The van der Waals surface area contributed by atoms with Crippen LogP contribution in [0.3, 0.4) is 0 Å². The maximum atomic E-state index is 13.6. The molecule has 35 heavy (non-hydrogen) atoms. The van der Waals surface area contributed by atoms with Gasteiger partial charge in [0.1, 0.15) is 11.2 Å². The topological polar surface area (TPSA) is 93.5 Å². The Kier molecular flexibility index (Phi) is 6.93. The molecule has 0 bridgehead atoms. The second-order valence-corrected chi connectivity index (χ2v) is 9.12. The summed E-state index contributed by atoms with van der Waals surface area (Å²) in [5.74, 6) is -1.38. The van der Waals surface area contributed by atoms with Crippen molar-refractivity contribution >= 4 is 29.4 Å². The Balaban J connectivity index is 1.67. The van der Waals surface area contributed by atoms with Crippen molar-refractivity contribution in [1.29, 1.82) is 0 Å². The van der Waals surface area contributed by atoms with E-state index in [9.17, 15) is 14.4 Å². The Hall–Kier alpha value is -3.65. The van der Waals surface area contributed by atoms with Gasteiger partial charge in [0.2, 0.25) is 5.91 Å². The zero-order valence-electron chi connectivity index (χ0n) is 19.9. The molecule has 1 atom stereocenters. The molecule has 2 amide bonds. The molecule has 0 radical (unpaired) electrons. The van der Waals surface area contributed by atoms with E-state index >= 15 is 0 Å². The molecule has 9 heteroatoms. The average Bonchev–Trinajstić information content (AvgIpc) is 3.26. The van der Waals surface area contributed by atoms with Crippen LogP contribution < -0.4 is 5.32 Å². The van der Waals surface area contributed by atoms with E-state index in [1.807, 2.05) is 43.3 Å². The second kappa shape index (κ2) is 9.92. The van der Waals surface area contributed by atoms with Crippen molar-refractivity contribution in [2.24, 2.45) is 0 Å². The minimum Gasteiger partial charge on any atom is -0.461 e. The SMILES string of the molecule is CCOC(=O)c1cc2n(n1)C[C@](C)(C(=O)NCc1ccc(C)cc1)N(Cc1ccccc1Cl)C2=O. The summed E-state index contributed by atoms with van der Waals surface area (Å²) in [6.07, 6.45) is 0. The Morgan fingerprint density at radius 2 is 1.89 bits per heavy atom. The molecule has 0 saturated heterocycles. The normalized spacial score (nSPS) is 17.1. The van der Waals surface area contributed by atoms with E-state index in [2.05, 4.69) is 10.4 Å². The van der Waals surface area contributed by atoms with Crippen molar-refractivity contribution in [2.45, 2.75) is 45.9 Å². The molecule has 1 aromatic heterocycles. The van der Waals surface area contributed by atoms with Crippen LogP contribution in [-0.4, -0.2) is 44.6 Å². The standard InChI is InChI=1S/C26H27ClN4O4/c1-4-35-24(33)21-13-22-23(32)30(15-19-7-5-6-8-20(19)27)26(3,16-31(22)29-21)25(34)28-14-18-11-9-17(2)10-12-18/h5-13H,4,14-16H2,1-3H3,(H,28,34)/t26-/m1/s1. The molecule has 1 aliphatic heterocycles. The molecule has 1 aliphatic rings. The number of esters is 1. The fourth-order valence-electron chi connectivity index (χ4n) is 4.07. The summed E-state index contributed by atoms with van der Waals surface area (Å²) in [7, 11) is 0. The number of aromatic nitrogens is 2. The van der Waals surface area contributed by atoms with Gasteiger partial charge in [0.05, 0.1) is 13.2 Å². The van der Waals surface area contributed by atoms with Gasteiger partial charge in [-0.2, -0.15) is 5.10 Å². The minimum absolute atomic E-state index is 0.0252. The molecule has 4 rings (SSSR count). The van der Waals surface area contributed by atoms with Crippen molar-refractivity contribution in [3.05, 3.63) is 87.7 Å². The summed E-state index contributed by atoms with van der Waals surface area (Å²) in [5.41, 5.74) is 1.72. The largest absolute Gasteiger partial charge is 0.461 e. The second-order valence-electron chi connectivity index (χ2n) is 8.72. The molecule has 2 aromatic carbocycles. The van der Waals surface area contributed by atoms with Gasteiger partial charge in [0.15, 0.2) is 5.69 Å². The summed E-state index contributed by atoms with van der Waals surface area (Å²) in [4.78, 5) is 41.0. The van der Waals surface area contributed by atoms with Crippen molar-refractivity contribution < 1.29 is 19.1 Å². The molecule has 3 aromatic rings. The van der Waals surface area contributed by atoms with Crippen LogP contribution in [0, 0.1) is 6.92 Å². The van der Waals surface area contributed by atoms with Gasteiger partial charge >= 0.3 is 5.97 Å². The highest BCUT2D eigenvalue weighted by Crippen LogP contribution is 2.31. The Bertz CT molecular complexity index is 1270. The lowest BCUT2D eigenvalue weighted by Crippen LogP contribution is -2.63. The number of rotatable bonds is 7. The van der Waals surface area contributed by atoms with Gasteiger partial charge in [-0.3, -0.25) is 14.3 Å². The van der Waals surface area contributed by atoms with Crippen LogP contribution in [0.25, 0.3) is 0 Å². The van der Waals surface area contributed by atoms with E-state index in [4.69, 9.17) is 16.3 Å². The highest BCUT2D eigenvalue weighted by atomic mass is 35.5. The van der Waals surface area contributed by atoms with Crippen molar-refractivity contribution in [2.75, 3.05) is 6.61 Å². The van der Waals surface area contributed by atoms with Gasteiger partial charge in [-0.1, -0.05) is 59.6 Å². The maximum Gasteiger partial charge on any atom is 0.358 e. The lowest BCUT2D eigenvalue weighted by Gasteiger charge is -2.43. The van der Waals surface area contributed by atoms with Crippen LogP contribution in [0.2, 0.25) is 5.02 Å². The summed E-state index contributed by atoms with van der Waals surface area (Å²) in [6, 6.07) is 16.4. The third-order valence-corrected chi connectivity index (χ3v) is 6.50. The first-order chi connectivity index (χ1) is 16.7. The fraction of sp³-hybridized carbons (Fsp3) is 0.308. The molecular weight excluding hydrogens is 468 g/mol. The predicted molar refractivity (Wildman–Crippen MR) is 131 cm³/mol. The quantitative estimate of drug-likeness (QED) is 0.505. The first-order valence-electron chi connectivity index (χ1n) is 11.4. The van der Waals surface area contributed by atoms with Gasteiger partial charge in [-0.15, -0.1) is 0 Å². The van der Waals surface area contributed by atoms with Crippen LogP contribution in [0.5, 0.6) is 0 Å². The van der Waals surface area contributed by atoms with Crippen LogP contribution in [0.4, 0.5) is 0 Å². The molecule has 2 heterocycles. The molecular formula is C26H27ClN4O4. The first kappa shape index (κ1) is 24.5. The number of nitrogens with one attached hydrogen (secondary N) is 1. The van der Waals surface area contributed by atoms with Gasteiger partial charge in [-0.25, -0.2) is 4.79 Å². The van der Waals surface area contributed by atoms with Crippen molar-refractivity contribution in [3.63, 3.8) is 0 Å². The van der Waals surface area contributed by atoms with Crippen LogP contribution in [-0.2, 0) is 29.2 Å². The summed E-state index contributed by atoms with van der Waals surface area (Å²) < 4.78 is 6.44. The molecule has 1 N–H and O–H groups in total. The Labute approximate surface area is 208 Å². The highest BCUT2D eigenvalue weighted by Gasteiger charge is 2.48. The van der Waals surface area contributed by atoms with Gasteiger partial charge in [0, 0.05) is 24.2 Å². The number of hydrogen-bond acceptors (Lipinski definition) is 5. The highest BCUT2D eigenvalue weighted by molar-refractivity contribution is 6.31. The van der Waals surface area contributed by atoms with Gasteiger partial charge < -0.3 is 15.0 Å². The van der Waals surface area contributed by atoms with Gasteiger partial charge in [-0.05, 0) is 38.0 Å². The average molecular weight is 495 g/mol. The fourth-order valence-corrected chi connectivity index (χ4v) is 4.27. The van der Waals surface area contributed by atoms with E-state index in [1.54, 1.807) is 26.0 Å². The number of hydrogen-bond donors (Lipinski definition) is 1. The molecule has 0 spiro atoms. The van der Waals surface area contributed by atoms with Gasteiger partial charge in [0.25, 0.3) is 5.91 Å². The Morgan fingerprint density at radius 1 is 1.17 bits per heavy atom. The zero-order valence-corrected chi connectivity index (χ0v) is 20.6. The number of benzene rings is 2. The smallest absolute Gasteiger partial charge is 0.358 e. The number of ether oxygens (including phenoxy) is 1. The van der Waals surface area contributed by atoms with Crippen LogP contribution >= 0.6 is 11.6 Å². The number of halogens is 1. The van der Waals surface area contributed by atoms with Crippen molar-refractivity contribution in [1.82, 2.24) is 20.0 Å². The van der Waals surface area contributed by atoms with Crippen molar-refractivity contribution in [3.8, 4) is 0 Å². The molecule has 0 saturated carbocycles. The molecule has 182 valence electrons. The number of nitrogens with zero attached hydrogens (tertiary/aromatic N) is 3. The van der Waals surface area contributed by atoms with Crippen LogP contribution in [0.1, 0.15) is 51.5 Å². The maximum absolute atomic E-state index is 13.6. The van der Waals surface area contributed by atoms with E-state index < -0.39 is 17.4 Å². The number of aryl methyl sites for hydroxylation is 1. The predicted octanol–water partition coefficient (Wildman–Crippen LogP) is 3.75. The number of fused-ring (bicyclic) bond motifs is 1. The van der Waals surface area contributed by atoms with E-state index in [-0.39, 0.29) is 37.0 Å². The zero-order chi connectivity index (χ0) is 25.2. The molecule has 0 unspecified atom stereocenters. The first-order valence-corrected chi connectivity index (χ1v) is 11.7. The number of carbonyl (C=O) groups is 3. The summed E-state index contributed by atoms with van der Waals surface area (Å²) in [5, 5.41) is 7.73. The lowest BCUT2D eigenvalue weighted by atomic mass is 9.94. The molecule has 0 fully saturated rings. The number of amides is 2. The summed E-state index contributed by atoms with van der Waals surface area (Å²) in [6.45, 7) is 6.07. The lowest BCUT2D eigenvalue weighted by molar-refractivity contribution is -0.133. The van der Waals surface area contributed by atoms with E-state index in [0.29, 0.717) is 17.1 Å². The minimum atomic E-state index is -1.29. The van der Waals surface area contributed by atoms with E-state index in [0.717, 1.165) is 11.1 Å². The third-order valence-electron chi connectivity index (χ3n) is 6.13. The molecule has 0 aliphatic carbocycles. The van der Waals surface area contributed by atoms with Crippen LogP contribution in [0.15, 0.2) is 54.6 Å². The summed E-state index contributed by atoms with van der Waals surface area (Å²) >= 11 is 6.38. The third kappa shape index (κ3) is 4.93. The monoisotopic (exact) mass is 494 g/mol. The Morgan fingerprint density at radius 3 is 2.57 bits per heavy atom. The van der Waals surface area contributed by atoms with E-state index in [1.165, 1.54) is 15.6 Å². The number of carbonyl (C=O) groups excluding carboxylic acids is 3.